The molecule has 2 heterocycles. The van der Waals surface area contributed by atoms with Gasteiger partial charge in [-0.05, 0) is 23.7 Å². The number of carbonyl (C=O) groups excluding carboxylic acids is 2. The van der Waals surface area contributed by atoms with E-state index in [0.717, 1.165) is 0 Å². The van der Waals surface area contributed by atoms with Gasteiger partial charge in [0.25, 0.3) is 0 Å². The second-order valence-corrected chi connectivity index (χ2v) is 11.7. The molecule has 2 N–H and O–H groups in total. The molecule has 2 aliphatic heterocycles. The monoisotopic (exact) mass is 484 g/mol. The molecule has 0 aliphatic carbocycles. The highest BCUT2D eigenvalue weighted by Crippen LogP contribution is 2.33. The lowest BCUT2D eigenvalue weighted by atomic mass is 9.84. The second kappa shape index (κ2) is 12.7. The summed E-state index contributed by atoms with van der Waals surface area (Å²) in [5.41, 5.74) is 0. The summed E-state index contributed by atoms with van der Waals surface area (Å²) in [7, 11) is 0. The van der Waals surface area contributed by atoms with E-state index in [1.165, 1.54) is 10.1 Å². The van der Waals surface area contributed by atoms with Crippen LogP contribution in [0.25, 0.3) is 0 Å². The van der Waals surface area contributed by atoms with Crippen LogP contribution in [0.15, 0.2) is 0 Å². The van der Waals surface area contributed by atoms with Gasteiger partial charge in [0.15, 0.2) is 0 Å². The number of ether oxygens (including phenoxy) is 2. The van der Waals surface area contributed by atoms with E-state index in [0.29, 0.717) is 25.7 Å². The average Bonchev–Trinajstić information content (AvgIpc) is 2.73. The third-order valence-corrected chi connectivity index (χ3v) is 7.58. The van der Waals surface area contributed by atoms with Crippen molar-refractivity contribution < 1.29 is 29.5 Å². The first-order valence-corrected chi connectivity index (χ1v) is 13.1. The van der Waals surface area contributed by atoms with Crippen LogP contribution in [0.2, 0.25) is 0 Å². The van der Waals surface area contributed by atoms with Crippen molar-refractivity contribution in [3.63, 3.8) is 0 Å². The zero-order valence-electron chi connectivity index (χ0n) is 22.4. The lowest BCUT2D eigenvalue weighted by Crippen LogP contribution is -2.54. The van der Waals surface area contributed by atoms with Gasteiger partial charge in [0.05, 0.1) is 12.8 Å². The smallest absolute Gasteiger partial charge is 0.306 e. The van der Waals surface area contributed by atoms with Crippen molar-refractivity contribution >= 4 is 11.9 Å². The lowest BCUT2D eigenvalue weighted by Gasteiger charge is -2.44. The Morgan fingerprint density at radius 2 is 0.853 bits per heavy atom. The molecule has 2 fully saturated rings. The Hall–Kier alpha value is -1.22. The van der Waals surface area contributed by atoms with Gasteiger partial charge in [-0.1, -0.05) is 55.4 Å². The minimum atomic E-state index is -0.399. The van der Waals surface area contributed by atoms with Gasteiger partial charge < -0.3 is 19.9 Å². The molecule has 0 amide bonds. The standard InChI is InChI=1S/C26H48N2O6/c1-15(2)21-11-19(12-22(16(3)4)27(21)31)33-25(29)9-10-26(30)34-20-13-23(17(5)6)28(32)24(14-20)18(7)8/h15-24,31-32H,9-14H2,1-8H3. The Kier molecular flexibility index (Phi) is 10.8. The highest BCUT2D eigenvalue weighted by atomic mass is 16.6. The van der Waals surface area contributed by atoms with E-state index in [-0.39, 0.29) is 72.9 Å². The second-order valence-electron chi connectivity index (χ2n) is 11.7. The SMILES string of the molecule is CC(C)C1CC(OC(=O)CCC(=O)OC2CC(C(C)C)N(O)C(C(C)C)C2)CC(C(C)C)N1O. The molecule has 0 bridgehead atoms. The highest BCUT2D eigenvalue weighted by Gasteiger charge is 2.40. The molecule has 2 saturated heterocycles. The number of hydrogen-bond donors (Lipinski definition) is 2. The molecule has 8 nitrogen and oxygen atoms in total. The first-order valence-electron chi connectivity index (χ1n) is 13.1. The predicted octanol–water partition coefficient (Wildman–Crippen LogP) is 4.66. The molecule has 0 spiro atoms. The van der Waals surface area contributed by atoms with E-state index in [4.69, 9.17) is 9.47 Å². The van der Waals surface area contributed by atoms with Crippen LogP contribution in [0.1, 0.15) is 93.9 Å². The molecule has 0 saturated carbocycles. The highest BCUT2D eigenvalue weighted by molar-refractivity contribution is 5.77. The van der Waals surface area contributed by atoms with E-state index in [1.807, 2.05) is 0 Å². The summed E-state index contributed by atoms with van der Waals surface area (Å²) in [4.78, 5) is 25.0. The maximum atomic E-state index is 12.5. The molecule has 0 aromatic rings. The van der Waals surface area contributed by atoms with Crippen molar-refractivity contribution in [3.05, 3.63) is 0 Å². The summed E-state index contributed by atoms with van der Waals surface area (Å²) < 4.78 is 11.5. The molecular formula is C26H48N2O6. The van der Waals surface area contributed by atoms with Crippen LogP contribution in [0, 0.1) is 23.7 Å². The Morgan fingerprint density at radius 1 is 0.618 bits per heavy atom. The summed E-state index contributed by atoms with van der Waals surface area (Å²) in [6.07, 6.45) is 1.77. The minimum Gasteiger partial charge on any atom is -0.462 e. The fourth-order valence-electron chi connectivity index (χ4n) is 5.39. The van der Waals surface area contributed by atoms with E-state index < -0.39 is 11.9 Å². The molecule has 0 aromatic carbocycles. The lowest BCUT2D eigenvalue weighted by molar-refractivity contribution is -0.220. The first kappa shape index (κ1) is 29.0. The maximum absolute atomic E-state index is 12.5. The third kappa shape index (κ3) is 7.64. The van der Waals surface area contributed by atoms with E-state index >= 15 is 0 Å². The largest absolute Gasteiger partial charge is 0.462 e. The number of hydrogen-bond acceptors (Lipinski definition) is 8. The average molecular weight is 485 g/mol. The Morgan fingerprint density at radius 3 is 1.06 bits per heavy atom. The normalized spacial score (nSPS) is 31.5. The van der Waals surface area contributed by atoms with Crippen LogP contribution in [0.3, 0.4) is 0 Å². The quantitative estimate of drug-likeness (QED) is 0.456. The summed E-state index contributed by atoms with van der Waals surface area (Å²) in [6.45, 7) is 16.4. The molecule has 0 radical (unpaired) electrons. The van der Waals surface area contributed by atoms with Crippen LogP contribution in [0.5, 0.6) is 0 Å². The number of hydroxylamine groups is 4. The van der Waals surface area contributed by atoms with Gasteiger partial charge in [0.1, 0.15) is 12.2 Å². The zero-order chi connectivity index (χ0) is 25.7. The number of carbonyl (C=O) groups is 2. The summed E-state index contributed by atoms with van der Waals surface area (Å²) >= 11 is 0. The number of esters is 2. The Balaban J connectivity index is 1.87. The molecule has 4 unspecified atom stereocenters. The van der Waals surface area contributed by atoms with Crippen LogP contribution >= 0.6 is 0 Å². The fraction of sp³-hybridized carbons (Fsp3) is 0.923. The number of piperidine rings is 2. The van der Waals surface area contributed by atoms with Gasteiger partial charge in [-0.3, -0.25) is 9.59 Å². The van der Waals surface area contributed by atoms with Crippen LogP contribution < -0.4 is 0 Å². The maximum Gasteiger partial charge on any atom is 0.306 e. The van der Waals surface area contributed by atoms with Gasteiger partial charge in [-0.15, -0.1) is 0 Å². The minimum absolute atomic E-state index is 0.0169. The molecule has 2 rings (SSSR count). The van der Waals surface area contributed by atoms with Crippen LogP contribution in [-0.4, -0.2) is 68.9 Å². The van der Waals surface area contributed by atoms with Gasteiger partial charge in [-0.25, -0.2) is 0 Å². The predicted molar refractivity (Wildman–Crippen MR) is 129 cm³/mol. The topological polar surface area (TPSA) is 99.5 Å². The Bertz CT molecular complexity index is 576. The first-order chi connectivity index (χ1) is 15.8. The van der Waals surface area contributed by atoms with Crippen molar-refractivity contribution in [2.24, 2.45) is 23.7 Å². The molecule has 8 heteroatoms. The Labute approximate surface area is 205 Å². The summed E-state index contributed by atoms with van der Waals surface area (Å²) in [6, 6.07) is -0.263. The third-order valence-electron chi connectivity index (χ3n) is 7.58. The molecule has 0 aromatic heterocycles. The van der Waals surface area contributed by atoms with Crippen LogP contribution in [0.4, 0.5) is 0 Å². The molecule has 2 aliphatic rings. The summed E-state index contributed by atoms with van der Waals surface area (Å²) in [5, 5.41) is 24.1. The van der Waals surface area contributed by atoms with Gasteiger partial charge in [0, 0.05) is 49.9 Å². The number of nitrogens with zero attached hydrogens (tertiary/aromatic N) is 2. The number of rotatable bonds is 9. The van der Waals surface area contributed by atoms with E-state index in [9.17, 15) is 20.0 Å². The van der Waals surface area contributed by atoms with Gasteiger partial charge >= 0.3 is 11.9 Å². The van der Waals surface area contributed by atoms with Crippen molar-refractivity contribution in [1.82, 2.24) is 10.1 Å². The van der Waals surface area contributed by atoms with Gasteiger partial charge in [0.2, 0.25) is 0 Å². The molecule has 4 atom stereocenters. The molecular weight excluding hydrogens is 436 g/mol. The fourth-order valence-corrected chi connectivity index (χ4v) is 5.39. The molecule has 34 heavy (non-hydrogen) atoms. The van der Waals surface area contributed by atoms with E-state index in [1.54, 1.807) is 0 Å². The van der Waals surface area contributed by atoms with Crippen molar-refractivity contribution in [2.75, 3.05) is 0 Å². The van der Waals surface area contributed by atoms with Gasteiger partial charge in [-0.2, -0.15) is 10.1 Å². The van der Waals surface area contributed by atoms with E-state index in [2.05, 4.69) is 55.4 Å². The zero-order valence-corrected chi connectivity index (χ0v) is 22.4. The van der Waals surface area contributed by atoms with Crippen molar-refractivity contribution in [3.8, 4) is 0 Å². The van der Waals surface area contributed by atoms with Crippen molar-refractivity contribution in [2.45, 2.75) is 130 Å². The summed E-state index contributed by atoms with van der Waals surface area (Å²) in [5.74, 6) is 0.136. The molecule has 198 valence electrons. The van der Waals surface area contributed by atoms with Crippen LogP contribution in [-0.2, 0) is 19.1 Å². The van der Waals surface area contributed by atoms with Crippen molar-refractivity contribution in [1.29, 1.82) is 0 Å².